The van der Waals surface area contributed by atoms with Gasteiger partial charge in [-0.3, -0.25) is 9.59 Å². The number of aryl methyl sites for hydroxylation is 2. The van der Waals surface area contributed by atoms with E-state index in [1.54, 1.807) is 13.8 Å². The first-order valence-corrected chi connectivity index (χ1v) is 7.89. The van der Waals surface area contributed by atoms with Gasteiger partial charge in [0, 0.05) is 24.6 Å². The van der Waals surface area contributed by atoms with E-state index in [9.17, 15) is 14.4 Å². The molecule has 0 N–H and O–H groups in total. The smallest absolute Gasteiger partial charge is 0.343 e. The number of halogens is 1. The maximum absolute atomic E-state index is 11.6. The molecule has 1 aliphatic heterocycles. The Labute approximate surface area is 140 Å². The summed E-state index contributed by atoms with van der Waals surface area (Å²) >= 11 is 5.15. The number of amides is 2. The van der Waals surface area contributed by atoms with E-state index in [0.717, 1.165) is 19.3 Å². The molecule has 1 saturated heterocycles. The Morgan fingerprint density at radius 1 is 1.30 bits per heavy atom. The highest BCUT2D eigenvalue weighted by molar-refractivity contribution is 6.32. The van der Waals surface area contributed by atoms with Crippen LogP contribution in [0.1, 0.15) is 61.3 Å². The number of unbranched alkanes of at least 4 members (excludes halogenated alkanes) is 1. The molecule has 1 aromatic rings. The number of hydrogen-bond acceptors (Lipinski definition) is 6. The predicted molar refractivity (Wildman–Crippen MR) is 82.7 cm³/mol. The lowest BCUT2D eigenvalue weighted by Crippen LogP contribution is -2.16. The number of carbonyl (C=O) groups excluding carboxylic acids is 3. The van der Waals surface area contributed by atoms with Gasteiger partial charge in [0.2, 0.25) is 11.8 Å². The fourth-order valence-corrected chi connectivity index (χ4v) is 2.12. The summed E-state index contributed by atoms with van der Waals surface area (Å²) in [6.45, 7) is 5.98. The molecule has 1 aromatic heterocycles. The first kappa shape index (κ1) is 19.2. The van der Waals surface area contributed by atoms with E-state index >= 15 is 0 Å². The van der Waals surface area contributed by atoms with Crippen LogP contribution >= 0.6 is 11.8 Å². The zero-order valence-electron chi connectivity index (χ0n) is 13.6. The SMILES string of the molecule is CCCCc1noc(C)c1C(=O)OCC.O=C1CCC(=O)N1Cl. The average molecular weight is 345 g/mol. The molecule has 0 aromatic carbocycles. The molecule has 0 spiro atoms. The van der Waals surface area contributed by atoms with E-state index in [-0.39, 0.29) is 30.6 Å². The van der Waals surface area contributed by atoms with Crippen LogP contribution in [0, 0.1) is 6.92 Å². The van der Waals surface area contributed by atoms with Crippen molar-refractivity contribution < 1.29 is 23.6 Å². The van der Waals surface area contributed by atoms with Crippen molar-refractivity contribution in [3.63, 3.8) is 0 Å². The molecule has 2 heterocycles. The lowest BCUT2D eigenvalue weighted by Gasteiger charge is -2.01. The van der Waals surface area contributed by atoms with Gasteiger partial charge in [-0.2, -0.15) is 4.42 Å². The van der Waals surface area contributed by atoms with Gasteiger partial charge in [-0.25, -0.2) is 4.79 Å². The van der Waals surface area contributed by atoms with Crippen LogP contribution in [0.3, 0.4) is 0 Å². The number of hydrogen-bond donors (Lipinski definition) is 0. The van der Waals surface area contributed by atoms with Crippen molar-refractivity contribution in [1.29, 1.82) is 0 Å². The first-order valence-electron chi connectivity index (χ1n) is 7.56. The minimum absolute atomic E-state index is 0.266. The van der Waals surface area contributed by atoms with Crippen LogP contribution in [-0.4, -0.2) is 34.0 Å². The summed E-state index contributed by atoms with van der Waals surface area (Å²) in [7, 11) is 0. The number of carbonyl (C=O) groups is 3. The molecule has 2 rings (SSSR count). The van der Waals surface area contributed by atoms with Gasteiger partial charge in [0.15, 0.2) is 0 Å². The molecule has 1 aliphatic rings. The Morgan fingerprint density at radius 2 is 1.91 bits per heavy atom. The molecule has 23 heavy (non-hydrogen) atoms. The number of ether oxygens (including phenoxy) is 1. The molecule has 8 heteroatoms. The molecule has 0 aliphatic carbocycles. The fraction of sp³-hybridized carbons (Fsp3) is 0.600. The van der Waals surface area contributed by atoms with Crippen LogP contribution < -0.4 is 0 Å². The molecule has 7 nitrogen and oxygen atoms in total. The third-order valence-corrected chi connectivity index (χ3v) is 3.55. The molecular weight excluding hydrogens is 324 g/mol. The van der Waals surface area contributed by atoms with Gasteiger partial charge in [-0.15, -0.1) is 0 Å². The van der Waals surface area contributed by atoms with Gasteiger partial charge in [0.05, 0.1) is 12.3 Å². The van der Waals surface area contributed by atoms with Gasteiger partial charge < -0.3 is 9.26 Å². The second-order valence-corrected chi connectivity index (χ2v) is 5.29. The van der Waals surface area contributed by atoms with Crippen LogP contribution in [0.5, 0.6) is 0 Å². The Morgan fingerprint density at radius 3 is 2.35 bits per heavy atom. The Kier molecular flexibility index (Phi) is 7.74. The quantitative estimate of drug-likeness (QED) is 0.463. The largest absolute Gasteiger partial charge is 0.462 e. The van der Waals surface area contributed by atoms with Crippen molar-refractivity contribution in [2.45, 2.75) is 52.9 Å². The summed E-state index contributed by atoms with van der Waals surface area (Å²) in [5.74, 6) is -0.379. The molecular formula is C15H21ClN2O5. The van der Waals surface area contributed by atoms with E-state index < -0.39 is 0 Å². The van der Waals surface area contributed by atoms with Crippen molar-refractivity contribution in [1.82, 2.24) is 9.58 Å². The van der Waals surface area contributed by atoms with E-state index in [2.05, 4.69) is 12.1 Å². The van der Waals surface area contributed by atoms with E-state index in [0.29, 0.717) is 28.0 Å². The Hall–Kier alpha value is -1.89. The third-order valence-electron chi connectivity index (χ3n) is 3.17. The minimum atomic E-state index is -0.331. The normalized spacial score (nSPS) is 13.8. The third kappa shape index (κ3) is 5.35. The van der Waals surface area contributed by atoms with E-state index in [4.69, 9.17) is 21.0 Å². The van der Waals surface area contributed by atoms with Crippen molar-refractivity contribution in [3.05, 3.63) is 17.0 Å². The number of imide groups is 1. The van der Waals surface area contributed by atoms with Gasteiger partial charge in [-0.05, 0) is 26.7 Å². The Bertz CT molecular complexity index is 554. The topological polar surface area (TPSA) is 89.7 Å². The lowest BCUT2D eigenvalue weighted by molar-refractivity contribution is -0.132. The summed E-state index contributed by atoms with van der Waals surface area (Å²) in [5, 5.41) is 3.88. The summed E-state index contributed by atoms with van der Waals surface area (Å²) in [5.41, 5.74) is 1.22. The standard InChI is InChI=1S/C11H17NO3.C4H4ClNO2/c1-4-6-7-9-10(8(3)15-12-9)11(13)14-5-2;5-6-3(7)1-2-4(6)8/h4-7H2,1-3H3;1-2H2. The van der Waals surface area contributed by atoms with Crippen LogP contribution in [0.25, 0.3) is 0 Å². The molecule has 0 bridgehead atoms. The highest BCUT2D eigenvalue weighted by Crippen LogP contribution is 2.16. The monoisotopic (exact) mass is 344 g/mol. The molecule has 2 amide bonds. The number of nitrogens with zero attached hydrogens (tertiary/aromatic N) is 2. The molecule has 0 unspecified atom stereocenters. The summed E-state index contributed by atoms with van der Waals surface area (Å²) in [6.07, 6.45) is 3.36. The van der Waals surface area contributed by atoms with Crippen LogP contribution in [0.4, 0.5) is 0 Å². The maximum Gasteiger partial charge on any atom is 0.343 e. The number of esters is 1. The molecule has 0 radical (unpaired) electrons. The van der Waals surface area contributed by atoms with Gasteiger partial charge >= 0.3 is 5.97 Å². The second-order valence-electron chi connectivity index (χ2n) is 4.95. The zero-order valence-corrected chi connectivity index (χ0v) is 14.3. The van der Waals surface area contributed by atoms with Gasteiger partial charge in [-0.1, -0.05) is 18.5 Å². The van der Waals surface area contributed by atoms with E-state index in [1.807, 2.05) is 0 Å². The molecule has 0 atom stereocenters. The summed E-state index contributed by atoms with van der Waals surface area (Å²) in [4.78, 5) is 32.3. The van der Waals surface area contributed by atoms with E-state index in [1.165, 1.54) is 0 Å². The lowest BCUT2D eigenvalue weighted by atomic mass is 10.1. The minimum Gasteiger partial charge on any atom is -0.462 e. The van der Waals surface area contributed by atoms with Crippen molar-refractivity contribution in [2.75, 3.05) is 6.61 Å². The highest BCUT2D eigenvalue weighted by atomic mass is 35.5. The molecule has 1 fully saturated rings. The number of rotatable bonds is 5. The first-order chi connectivity index (χ1) is 10.9. The molecule has 0 saturated carbocycles. The summed E-state index contributed by atoms with van der Waals surface area (Å²) < 4.78 is 10.6. The highest BCUT2D eigenvalue weighted by Gasteiger charge is 2.26. The Balaban J connectivity index is 0.000000277. The van der Waals surface area contributed by atoms with Crippen molar-refractivity contribution in [3.8, 4) is 0 Å². The van der Waals surface area contributed by atoms with Crippen LogP contribution in [0.15, 0.2) is 4.52 Å². The van der Waals surface area contributed by atoms with Gasteiger partial charge in [0.1, 0.15) is 11.3 Å². The average Bonchev–Trinajstić information content (AvgIpc) is 3.03. The summed E-state index contributed by atoms with van der Waals surface area (Å²) in [6, 6.07) is 0. The zero-order chi connectivity index (χ0) is 17.4. The van der Waals surface area contributed by atoms with Crippen LogP contribution in [0.2, 0.25) is 0 Å². The fourth-order valence-electron chi connectivity index (χ4n) is 1.95. The molecule has 128 valence electrons. The maximum atomic E-state index is 11.6. The predicted octanol–water partition coefficient (Wildman–Crippen LogP) is 2.79. The van der Waals surface area contributed by atoms with Crippen molar-refractivity contribution >= 4 is 29.6 Å². The number of aromatic nitrogens is 1. The second kappa shape index (κ2) is 9.29. The van der Waals surface area contributed by atoms with Crippen LogP contribution in [-0.2, 0) is 20.7 Å². The van der Waals surface area contributed by atoms with Crippen molar-refractivity contribution in [2.24, 2.45) is 0 Å². The van der Waals surface area contributed by atoms with Gasteiger partial charge in [0.25, 0.3) is 0 Å².